The number of carbonyl (C=O) groups excluding carboxylic acids is 1. The molecule has 0 N–H and O–H groups in total. The van der Waals surface area contributed by atoms with Crippen LogP contribution in [0.15, 0.2) is 36.7 Å². The highest BCUT2D eigenvalue weighted by atomic mass is 16.5. The van der Waals surface area contributed by atoms with Crippen LogP contribution >= 0.6 is 0 Å². The third kappa shape index (κ3) is 3.82. The van der Waals surface area contributed by atoms with Gasteiger partial charge >= 0.3 is 0 Å². The van der Waals surface area contributed by atoms with Crippen molar-refractivity contribution in [1.29, 1.82) is 0 Å². The lowest BCUT2D eigenvalue weighted by Gasteiger charge is -2.32. The minimum Gasteiger partial charge on any atom is -0.366 e. The zero-order valence-electron chi connectivity index (χ0n) is 14.3. The number of nitrogens with zero attached hydrogens (tertiary/aromatic N) is 4. The van der Waals surface area contributed by atoms with E-state index in [0.717, 1.165) is 12.2 Å². The van der Waals surface area contributed by atoms with E-state index < -0.39 is 0 Å². The van der Waals surface area contributed by atoms with Crippen LogP contribution in [0, 0.1) is 0 Å². The monoisotopic (exact) mass is 328 g/mol. The fourth-order valence-corrected chi connectivity index (χ4v) is 3.06. The van der Waals surface area contributed by atoms with E-state index in [4.69, 9.17) is 4.74 Å². The normalized spacial score (nSPS) is 19.2. The van der Waals surface area contributed by atoms with Crippen molar-refractivity contribution < 1.29 is 9.53 Å². The number of hydrogen-bond acceptors (Lipinski definition) is 4. The SMILES string of the molecule is C[C@H](CCC(=O)N1CCO[C@H](c2nncn2C)C1)c1ccccc1. The molecule has 0 bridgehead atoms. The van der Waals surface area contributed by atoms with Crippen LogP contribution in [0.3, 0.4) is 0 Å². The third-order valence-corrected chi connectivity index (χ3v) is 4.61. The molecule has 2 atom stereocenters. The summed E-state index contributed by atoms with van der Waals surface area (Å²) in [7, 11) is 1.89. The largest absolute Gasteiger partial charge is 0.366 e. The Morgan fingerprint density at radius 1 is 1.38 bits per heavy atom. The first kappa shape index (κ1) is 16.6. The number of amides is 1. The molecule has 0 radical (unpaired) electrons. The molecule has 0 saturated carbocycles. The number of carbonyl (C=O) groups is 1. The minimum absolute atomic E-state index is 0.188. The molecule has 2 aromatic rings. The molecular weight excluding hydrogens is 304 g/mol. The van der Waals surface area contributed by atoms with Crippen molar-refractivity contribution in [1.82, 2.24) is 19.7 Å². The zero-order valence-corrected chi connectivity index (χ0v) is 14.3. The Balaban J connectivity index is 1.54. The van der Waals surface area contributed by atoms with Crippen molar-refractivity contribution in [2.24, 2.45) is 7.05 Å². The van der Waals surface area contributed by atoms with E-state index in [9.17, 15) is 4.79 Å². The Kier molecular flexibility index (Phi) is 5.25. The van der Waals surface area contributed by atoms with Gasteiger partial charge in [-0.25, -0.2) is 0 Å². The molecule has 1 amide bonds. The van der Waals surface area contributed by atoms with Crippen LogP contribution in [-0.4, -0.2) is 45.3 Å². The number of ether oxygens (including phenoxy) is 1. The van der Waals surface area contributed by atoms with E-state index in [1.807, 2.05) is 34.7 Å². The molecule has 128 valence electrons. The zero-order chi connectivity index (χ0) is 16.9. The molecule has 2 heterocycles. The van der Waals surface area contributed by atoms with Crippen LogP contribution in [-0.2, 0) is 16.6 Å². The number of benzene rings is 1. The maximum atomic E-state index is 12.6. The fraction of sp³-hybridized carbons (Fsp3) is 0.500. The Labute approximate surface area is 142 Å². The van der Waals surface area contributed by atoms with E-state index >= 15 is 0 Å². The van der Waals surface area contributed by atoms with Crippen LogP contribution in [0.1, 0.15) is 43.2 Å². The molecule has 1 aliphatic heterocycles. The van der Waals surface area contributed by atoms with Crippen molar-refractivity contribution in [2.75, 3.05) is 19.7 Å². The lowest BCUT2D eigenvalue weighted by Crippen LogP contribution is -2.42. The maximum absolute atomic E-state index is 12.6. The predicted octanol–water partition coefficient (Wildman–Crippen LogP) is 2.30. The fourth-order valence-electron chi connectivity index (χ4n) is 3.06. The highest BCUT2D eigenvalue weighted by molar-refractivity contribution is 5.76. The van der Waals surface area contributed by atoms with Crippen molar-refractivity contribution in [3.8, 4) is 0 Å². The molecule has 3 rings (SSSR count). The highest BCUT2D eigenvalue weighted by Gasteiger charge is 2.28. The summed E-state index contributed by atoms with van der Waals surface area (Å²) < 4.78 is 7.60. The van der Waals surface area contributed by atoms with Crippen LogP contribution < -0.4 is 0 Å². The molecule has 1 aromatic heterocycles. The first-order valence-corrected chi connectivity index (χ1v) is 8.43. The van der Waals surface area contributed by atoms with Gasteiger partial charge in [-0.05, 0) is 17.9 Å². The quantitative estimate of drug-likeness (QED) is 0.845. The molecule has 1 aromatic carbocycles. The topological polar surface area (TPSA) is 60.3 Å². The van der Waals surface area contributed by atoms with Gasteiger partial charge < -0.3 is 14.2 Å². The molecular formula is C18H24N4O2. The molecule has 1 aliphatic rings. The first-order valence-electron chi connectivity index (χ1n) is 8.43. The lowest BCUT2D eigenvalue weighted by atomic mass is 9.96. The Bertz CT molecular complexity index is 671. The summed E-state index contributed by atoms with van der Waals surface area (Å²) in [4.78, 5) is 14.5. The molecule has 24 heavy (non-hydrogen) atoms. The van der Waals surface area contributed by atoms with Gasteiger partial charge in [0.2, 0.25) is 5.91 Å². The molecule has 6 nitrogen and oxygen atoms in total. The molecule has 1 fully saturated rings. The van der Waals surface area contributed by atoms with Gasteiger partial charge in [0.25, 0.3) is 0 Å². The molecule has 0 spiro atoms. The van der Waals surface area contributed by atoms with Crippen LogP contribution in [0.25, 0.3) is 0 Å². The maximum Gasteiger partial charge on any atom is 0.222 e. The first-order chi connectivity index (χ1) is 11.6. The van der Waals surface area contributed by atoms with Gasteiger partial charge in [-0.2, -0.15) is 0 Å². The summed E-state index contributed by atoms with van der Waals surface area (Å²) >= 11 is 0. The Hall–Kier alpha value is -2.21. The van der Waals surface area contributed by atoms with Crippen molar-refractivity contribution in [3.63, 3.8) is 0 Å². The van der Waals surface area contributed by atoms with Gasteiger partial charge in [0, 0.05) is 20.0 Å². The molecule has 6 heteroatoms. The van der Waals surface area contributed by atoms with Gasteiger partial charge in [-0.1, -0.05) is 37.3 Å². The van der Waals surface area contributed by atoms with Crippen molar-refractivity contribution >= 4 is 5.91 Å². The summed E-state index contributed by atoms with van der Waals surface area (Å²) in [6.45, 7) is 3.90. The average molecular weight is 328 g/mol. The summed E-state index contributed by atoms with van der Waals surface area (Å²) in [6, 6.07) is 10.3. The Morgan fingerprint density at radius 3 is 2.88 bits per heavy atom. The smallest absolute Gasteiger partial charge is 0.222 e. The van der Waals surface area contributed by atoms with Crippen LogP contribution in [0.2, 0.25) is 0 Å². The van der Waals surface area contributed by atoms with Crippen molar-refractivity contribution in [2.45, 2.75) is 31.8 Å². The van der Waals surface area contributed by atoms with Crippen LogP contribution in [0.4, 0.5) is 0 Å². The Morgan fingerprint density at radius 2 is 2.17 bits per heavy atom. The number of morpholine rings is 1. The van der Waals surface area contributed by atoms with Gasteiger partial charge in [0.1, 0.15) is 12.4 Å². The van der Waals surface area contributed by atoms with E-state index in [0.29, 0.717) is 32.0 Å². The summed E-state index contributed by atoms with van der Waals surface area (Å²) in [5.74, 6) is 1.34. The summed E-state index contributed by atoms with van der Waals surface area (Å²) in [5.41, 5.74) is 1.28. The second-order valence-electron chi connectivity index (χ2n) is 6.35. The number of hydrogen-bond donors (Lipinski definition) is 0. The van der Waals surface area contributed by atoms with Crippen LogP contribution in [0.5, 0.6) is 0 Å². The van der Waals surface area contributed by atoms with Gasteiger partial charge in [0.15, 0.2) is 5.82 Å². The van der Waals surface area contributed by atoms with Gasteiger partial charge in [-0.3, -0.25) is 4.79 Å². The van der Waals surface area contributed by atoms with E-state index in [1.54, 1.807) is 6.33 Å². The molecule has 0 unspecified atom stereocenters. The van der Waals surface area contributed by atoms with Gasteiger partial charge in [0.05, 0.1) is 13.2 Å². The minimum atomic E-state index is -0.193. The predicted molar refractivity (Wildman–Crippen MR) is 90.4 cm³/mol. The standard InChI is InChI=1S/C18H24N4O2/c1-14(15-6-4-3-5-7-15)8-9-17(23)22-10-11-24-16(12-22)18-20-19-13-21(18)2/h3-7,13-14,16H,8-12H2,1-2H3/t14-,16+/m1/s1. The highest BCUT2D eigenvalue weighted by Crippen LogP contribution is 2.23. The third-order valence-electron chi connectivity index (χ3n) is 4.61. The average Bonchev–Trinajstić information content (AvgIpc) is 3.06. The van der Waals surface area contributed by atoms with E-state index in [2.05, 4.69) is 29.3 Å². The summed E-state index contributed by atoms with van der Waals surface area (Å²) in [5, 5.41) is 7.99. The van der Waals surface area contributed by atoms with Gasteiger partial charge in [-0.15, -0.1) is 10.2 Å². The molecule has 0 aliphatic carbocycles. The number of rotatable bonds is 5. The lowest BCUT2D eigenvalue weighted by molar-refractivity contribution is -0.139. The van der Waals surface area contributed by atoms with E-state index in [1.165, 1.54) is 5.56 Å². The summed E-state index contributed by atoms with van der Waals surface area (Å²) in [6.07, 6.45) is 2.87. The number of aryl methyl sites for hydroxylation is 1. The molecule has 1 saturated heterocycles. The number of aromatic nitrogens is 3. The van der Waals surface area contributed by atoms with Crippen molar-refractivity contribution in [3.05, 3.63) is 48.0 Å². The second kappa shape index (κ2) is 7.57. The van der Waals surface area contributed by atoms with E-state index in [-0.39, 0.29) is 12.0 Å². The second-order valence-corrected chi connectivity index (χ2v) is 6.35.